The first-order chi connectivity index (χ1) is 8.18. The zero-order valence-corrected chi connectivity index (χ0v) is 10.0. The average molecular weight is 261 g/mol. The molecule has 0 aliphatic carbocycles. The quantitative estimate of drug-likeness (QED) is 0.844. The highest BCUT2D eigenvalue weighted by Gasteiger charge is 2.37. The van der Waals surface area contributed by atoms with Crippen LogP contribution in [-0.2, 0) is 0 Å². The second-order valence-electron chi connectivity index (χ2n) is 4.89. The number of halogens is 3. The average Bonchev–Trinajstić information content (AvgIpc) is 2.15. The van der Waals surface area contributed by atoms with Crippen LogP contribution in [0.1, 0.15) is 31.9 Å². The summed E-state index contributed by atoms with van der Waals surface area (Å²) in [5.41, 5.74) is 5.86. The zero-order valence-electron chi connectivity index (χ0n) is 10.0. The van der Waals surface area contributed by atoms with E-state index in [1.807, 2.05) is 0 Å². The molecule has 1 atom stereocenters. The van der Waals surface area contributed by atoms with Crippen LogP contribution in [0.25, 0.3) is 0 Å². The smallest absolute Gasteiger partial charge is 0.484 e. The van der Waals surface area contributed by atoms with Crippen LogP contribution < -0.4 is 15.2 Å². The molecule has 2 N–H and O–H groups in total. The fourth-order valence-electron chi connectivity index (χ4n) is 2.10. The first-order valence-electron chi connectivity index (χ1n) is 5.51. The number of hydrogen-bond donors (Lipinski definition) is 1. The summed E-state index contributed by atoms with van der Waals surface area (Å²) in [6.07, 6.45) is -4.21. The highest BCUT2D eigenvalue weighted by atomic mass is 19.4. The molecule has 1 heterocycles. The van der Waals surface area contributed by atoms with Crippen LogP contribution in [0.5, 0.6) is 11.5 Å². The van der Waals surface area contributed by atoms with E-state index in [0.717, 1.165) is 0 Å². The Balaban J connectivity index is 2.43. The summed E-state index contributed by atoms with van der Waals surface area (Å²) >= 11 is 0. The van der Waals surface area contributed by atoms with Crippen molar-refractivity contribution in [1.29, 1.82) is 0 Å². The third-order valence-electron chi connectivity index (χ3n) is 2.72. The Morgan fingerprint density at radius 2 is 2.06 bits per heavy atom. The van der Waals surface area contributed by atoms with E-state index in [4.69, 9.17) is 10.5 Å². The lowest BCUT2D eigenvalue weighted by Gasteiger charge is -2.36. The molecule has 6 heteroatoms. The van der Waals surface area contributed by atoms with Crippen molar-refractivity contribution in [2.45, 2.75) is 38.3 Å². The molecule has 0 amide bonds. The summed E-state index contributed by atoms with van der Waals surface area (Å²) in [5.74, 6) is -0.262. The summed E-state index contributed by atoms with van der Waals surface area (Å²) in [5, 5.41) is 0. The summed E-state index contributed by atoms with van der Waals surface area (Å²) in [4.78, 5) is 0. The van der Waals surface area contributed by atoms with Gasteiger partial charge in [-0.2, -0.15) is 0 Å². The van der Waals surface area contributed by atoms with Crippen LogP contribution in [0.3, 0.4) is 0 Å². The third-order valence-corrected chi connectivity index (χ3v) is 2.72. The Labute approximate surface area is 103 Å². The molecule has 1 aliphatic rings. The molecule has 0 saturated carbocycles. The number of fused-ring (bicyclic) bond motifs is 1. The lowest BCUT2D eigenvalue weighted by Crippen LogP contribution is -2.37. The minimum absolute atomic E-state index is 0.0820. The normalized spacial score (nSPS) is 22.0. The van der Waals surface area contributed by atoms with Gasteiger partial charge in [0.15, 0.2) is 11.5 Å². The van der Waals surface area contributed by atoms with Crippen LogP contribution in [0.2, 0.25) is 0 Å². The van der Waals surface area contributed by atoms with E-state index in [9.17, 15) is 13.2 Å². The van der Waals surface area contributed by atoms with Gasteiger partial charge in [-0.05, 0) is 19.9 Å². The molecule has 0 bridgehead atoms. The van der Waals surface area contributed by atoms with Crippen molar-refractivity contribution in [3.63, 3.8) is 0 Å². The molecule has 2 rings (SSSR count). The summed E-state index contributed by atoms with van der Waals surface area (Å²) in [6, 6.07) is 3.99. The summed E-state index contributed by atoms with van der Waals surface area (Å²) < 4.78 is 46.4. The molecule has 0 saturated heterocycles. The second kappa shape index (κ2) is 4.05. The van der Waals surface area contributed by atoms with Crippen molar-refractivity contribution in [3.8, 4) is 11.5 Å². The van der Waals surface area contributed by atoms with Crippen molar-refractivity contribution >= 4 is 0 Å². The standard InChI is InChI=1S/C12H14F3NO2/c1-11(2)6-8(16)7-4-3-5-9(10(7)18-11)17-12(13,14)15/h3-5,8H,6,16H2,1-2H3. The first-order valence-corrected chi connectivity index (χ1v) is 5.51. The third kappa shape index (κ3) is 2.69. The topological polar surface area (TPSA) is 44.5 Å². The number of ether oxygens (including phenoxy) is 2. The Morgan fingerprint density at radius 1 is 1.39 bits per heavy atom. The monoisotopic (exact) mass is 261 g/mol. The van der Waals surface area contributed by atoms with Gasteiger partial charge in [0.1, 0.15) is 5.60 Å². The Kier molecular flexibility index (Phi) is 2.93. The maximum Gasteiger partial charge on any atom is 0.573 e. The highest BCUT2D eigenvalue weighted by Crippen LogP contribution is 2.45. The van der Waals surface area contributed by atoms with E-state index < -0.39 is 12.0 Å². The van der Waals surface area contributed by atoms with Crippen molar-refractivity contribution < 1.29 is 22.6 Å². The minimum atomic E-state index is -4.75. The molecular formula is C12H14F3NO2. The lowest BCUT2D eigenvalue weighted by atomic mass is 9.90. The molecule has 100 valence electrons. The van der Waals surface area contributed by atoms with E-state index in [1.54, 1.807) is 19.9 Å². The van der Waals surface area contributed by atoms with Gasteiger partial charge in [-0.25, -0.2) is 0 Å². The van der Waals surface area contributed by atoms with E-state index in [1.165, 1.54) is 12.1 Å². The Hall–Kier alpha value is -1.43. The van der Waals surface area contributed by atoms with Gasteiger partial charge in [-0.15, -0.1) is 13.2 Å². The van der Waals surface area contributed by atoms with Gasteiger partial charge in [-0.3, -0.25) is 0 Å². The SMILES string of the molecule is CC1(C)CC(N)c2cccc(OC(F)(F)F)c2O1. The van der Waals surface area contributed by atoms with Crippen LogP contribution in [0, 0.1) is 0 Å². The van der Waals surface area contributed by atoms with Gasteiger partial charge < -0.3 is 15.2 Å². The molecule has 1 aromatic rings. The van der Waals surface area contributed by atoms with E-state index in [-0.39, 0.29) is 17.5 Å². The van der Waals surface area contributed by atoms with Crippen LogP contribution in [0.15, 0.2) is 18.2 Å². The lowest BCUT2D eigenvalue weighted by molar-refractivity contribution is -0.275. The number of hydrogen-bond acceptors (Lipinski definition) is 3. The number of rotatable bonds is 1. The van der Waals surface area contributed by atoms with Gasteiger partial charge >= 0.3 is 6.36 Å². The molecule has 0 fully saturated rings. The van der Waals surface area contributed by atoms with Gasteiger partial charge in [0.2, 0.25) is 0 Å². The Bertz CT molecular complexity index is 457. The van der Waals surface area contributed by atoms with Gasteiger partial charge in [0.25, 0.3) is 0 Å². The molecule has 0 radical (unpaired) electrons. The second-order valence-corrected chi connectivity index (χ2v) is 4.89. The molecule has 1 unspecified atom stereocenters. The highest BCUT2D eigenvalue weighted by molar-refractivity contribution is 5.49. The van der Waals surface area contributed by atoms with Crippen molar-refractivity contribution in [1.82, 2.24) is 0 Å². The molecular weight excluding hydrogens is 247 g/mol. The maximum absolute atomic E-state index is 12.3. The number of para-hydroxylation sites is 1. The van der Waals surface area contributed by atoms with E-state index >= 15 is 0 Å². The minimum Gasteiger partial charge on any atom is -0.484 e. The fourth-order valence-corrected chi connectivity index (χ4v) is 2.10. The largest absolute Gasteiger partial charge is 0.573 e. The number of alkyl halides is 3. The molecule has 3 nitrogen and oxygen atoms in total. The number of benzene rings is 1. The van der Waals surface area contributed by atoms with Crippen molar-refractivity contribution in [3.05, 3.63) is 23.8 Å². The summed E-state index contributed by atoms with van der Waals surface area (Å²) in [6.45, 7) is 3.56. The predicted octanol–water partition coefficient (Wildman–Crippen LogP) is 3.15. The zero-order chi connectivity index (χ0) is 13.6. The Morgan fingerprint density at radius 3 is 2.67 bits per heavy atom. The maximum atomic E-state index is 12.3. The van der Waals surface area contributed by atoms with Gasteiger partial charge in [-0.1, -0.05) is 12.1 Å². The van der Waals surface area contributed by atoms with E-state index in [2.05, 4.69) is 4.74 Å². The molecule has 1 aromatic carbocycles. The van der Waals surface area contributed by atoms with E-state index in [0.29, 0.717) is 12.0 Å². The molecule has 0 spiro atoms. The van der Waals surface area contributed by atoms with Gasteiger partial charge in [0, 0.05) is 18.0 Å². The molecule has 1 aliphatic heterocycles. The molecule has 18 heavy (non-hydrogen) atoms. The predicted molar refractivity (Wildman–Crippen MR) is 59.4 cm³/mol. The van der Waals surface area contributed by atoms with Crippen molar-refractivity contribution in [2.75, 3.05) is 0 Å². The molecule has 0 aromatic heterocycles. The first kappa shape index (κ1) is 13.0. The van der Waals surface area contributed by atoms with Crippen LogP contribution in [-0.4, -0.2) is 12.0 Å². The fraction of sp³-hybridized carbons (Fsp3) is 0.500. The number of nitrogens with two attached hydrogens (primary N) is 1. The van der Waals surface area contributed by atoms with Crippen molar-refractivity contribution in [2.24, 2.45) is 5.73 Å². The summed E-state index contributed by atoms with van der Waals surface area (Å²) in [7, 11) is 0. The van der Waals surface area contributed by atoms with Gasteiger partial charge in [0.05, 0.1) is 0 Å². The van der Waals surface area contributed by atoms with Crippen LogP contribution in [0.4, 0.5) is 13.2 Å². The van der Waals surface area contributed by atoms with Crippen LogP contribution >= 0.6 is 0 Å².